The van der Waals surface area contributed by atoms with E-state index in [0.29, 0.717) is 18.7 Å². The van der Waals surface area contributed by atoms with Crippen LogP contribution in [0.3, 0.4) is 0 Å². The number of unbranched alkanes of at least 4 members (excludes halogenated alkanes) is 1. The number of hydrogen-bond donors (Lipinski definition) is 2. The molecule has 0 fully saturated rings. The van der Waals surface area contributed by atoms with Gasteiger partial charge in [-0.3, -0.25) is 4.79 Å². The zero-order valence-electron chi connectivity index (χ0n) is 10.1. The summed E-state index contributed by atoms with van der Waals surface area (Å²) in [6.45, 7) is 3.78. The highest BCUT2D eigenvalue weighted by molar-refractivity contribution is 5.96. The number of ether oxygens (including phenoxy) is 1. The number of rotatable bonds is 7. The second-order valence-corrected chi connectivity index (χ2v) is 3.74. The number of benzene rings is 1. The van der Waals surface area contributed by atoms with E-state index < -0.39 is 0 Å². The van der Waals surface area contributed by atoms with Crippen molar-refractivity contribution >= 4 is 5.91 Å². The summed E-state index contributed by atoms with van der Waals surface area (Å²) in [5, 5.41) is 12.2. The van der Waals surface area contributed by atoms with Crippen LogP contribution in [-0.4, -0.2) is 30.8 Å². The largest absolute Gasteiger partial charge is 0.507 e. The van der Waals surface area contributed by atoms with Gasteiger partial charge in [0.15, 0.2) is 0 Å². The smallest absolute Gasteiger partial charge is 0.255 e. The molecule has 0 atom stereocenters. The van der Waals surface area contributed by atoms with E-state index >= 15 is 0 Å². The highest BCUT2D eigenvalue weighted by Gasteiger charge is 2.08. The van der Waals surface area contributed by atoms with Gasteiger partial charge in [-0.15, -0.1) is 0 Å². The topological polar surface area (TPSA) is 58.6 Å². The van der Waals surface area contributed by atoms with Gasteiger partial charge in [-0.05, 0) is 18.6 Å². The van der Waals surface area contributed by atoms with Gasteiger partial charge in [0.1, 0.15) is 5.75 Å². The molecule has 0 radical (unpaired) electrons. The number of phenolic OH excluding ortho intramolecular Hbond substituents is 1. The third-order valence-electron chi connectivity index (χ3n) is 2.32. The van der Waals surface area contributed by atoms with Crippen LogP contribution in [0, 0.1) is 0 Å². The number of nitrogens with one attached hydrogen (secondary N) is 1. The lowest BCUT2D eigenvalue weighted by atomic mass is 10.2. The van der Waals surface area contributed by atoms with Crippen molar-refractivity contribution in [2.75, 3.05) is 19.8 Å². The molecule has 0 aliphatic carbocycles. The van der Waals surface area contributed by atoms with E-state index in [-0.39, 0.29) is 11.7 Å². The molecule has 4 nitrogen and oxygen atoms in total. The van der Waals surface area contributed by atoms with Crippen LogP contribution in [0.15, 0.2) is 24.3 Å². The summed E-state index contributed by atoms with van der Waals surface area (Å²) in [5.74, 6) is -0.279. The predicted octanol–water partition coefficient (Wildman–Crippen LogP) is 1.94. The Hall–Kier alpha value is -1.55. The minimum absolute atomic E-state index is 0.00287. The molecule has 0 aliphatic rings. The van der Waals surface area contributed by atoms with E-state index in [1.54, 1.807) is 18.2 Å². The van der Waals surface area contributed by atoms with Crippen LogP contribution < -0.4 is 5.32 Å². The number of carbonyl (C=O) groups excluding carboxylic acids is 1. The monoisotopic (exact) mass is 237 g/mol. The van der Waals surface area contributed by atoms with Gasteiger partial charge < -0.3 is 15.2 Å². The van der Waals surface area contributed by atoms with Crippen molar-refractivity contribution in [2.24, 2.45) is 0 Å². The van der Waals surface area contributed by atoms with E-state index in [0.717, 1.165) is 19.4 Å². The molecular formula is C13H19NO3. The van der Waals surface area contributed by atoms with Crippen molar-refractivity contribution in [2.45, 2.75) is 19.8 Å². The maximum atomic E-state index is 11.6. The Bertz CT molecular complexity index is 352. The lowest BCUT2D eigenvalue weighted by Crippen LogP contribution is -2.27. The number of amides is 1. The fraction of sp³-hybridized carbons (Fsp3) is 0.462. The lowest BCUT2D eigenvalue weighted by molar-refractivity contribution is 0.0910. The zero-order chi connectivity index (χ0) is 12.5. The average Bonchev–Trinajstić information content (AvgIpc) is 2.34. The van der Waals surface area contributed by atoms with Crippen molar-refractivity contribution in [1.82, 2.24) is 5.32 Å². The van der Waals surface area contributed by atoms with E-state index in [1.807, 2.05) is 0 Å². The molecule has 1 amide bonds. The summed E-state index contributed by atoms with van der Waals surface area (Å²) < 4.78 is 5.31. The van der Waals surface area contributed by atoms with E-state index in [4.69, 9.17) is 4.74 Å². The first-order valence-corrected chi connectivity index (χ1v) is 5.89. The fourth-order valence-electron chi connectivity index (χ4n) is 1.35. The Labute approximate surface area is 102 Å². The summed E-state index contributed by atoms with van der Waals surface area (Å²) in [6, 6.07) is 6.47. The molecule has 94 valence electrons. The third kappa shape index (κ3) is 4.87. The normalized spacial score (nSPS) is 10.2. The lowest BCUT2D eigenvalue weighted by Gasteiger charge is -2.07. The first-order valence-electron chi connectivity index (χ1n) is 5.89. The van der Waals surface area contributed by atoms with Crippen molar-refractivity contribution in [3.8, 4) is 5.75 Å². The summed E-state index contributed by atoms with van der Waals surface area (Å²) in [6.07, 6.45) is 2.14. The highest BCUT2D eigenvalue weighted by atomic mass is 16.5. The summed E-state index contributed by atoms with van der Waals surface area (Å²) in [4.78, 5) is 11.6. The van der Waals surface area contributed by atoms with Gasteiger partial charge in [-0.1, -0.05) is 25.5 Å². The molecule has 2 N–H and O–H groups in total. The first-order chi connectivity index (χ1) is 8.25. The molecule has 4 heteroatoms. The molecule has 0 saturated carbocycles. The molecule has 17 heavy (non-hydrogen) atoms. The molecule has 0 unspecified atom stereocenters. The second-order valence-electron chi connectivity index (χ2n) is 3.74. The number of phenols is 1. The van der Waals surface area contributed by atoms with E-state index in [1.165, 1.54) is 6.07 Å². The van der Waals surface area contributed by atoms with Gasteiger partial charge in [0.2, 0.25) is 0 Å². The quantitative estimate of drug-likeness (QED) is 0.712. The highest BCUT2D eigenvalue weighted by Crippen LogP contribution is 2.14. The fourth-order valence-corrected chi connectivity index (χ4v) is 1.35. The van der Waals surface area contributed by atoms with Crippen LogP contribution >= 0.6 is 0 Å². The number of hydrogen-bond acceptors (Lipinski definition) is 3. The molecule has 0 aliphatic heterocycles. The Morgan fingerprint density at radius 1 is 1.35 bits per heavy atom. The summed E-state index contributed by atoms with van der Waals surface area (Å²) >= 11 is 0. The molecule has 0 aromatic heterocycles. The number of carbonyl (C=O) groups is 1. The maximum Gasteiger partial charge on any atom is 0.255 e. The SMILES string of the molecule is CCCCOCCNC(=O)c1ccccc1O. The Balaban J connectivity index is 2.24. The van der Waals surface area contributed by atoms with Crippen LogP contribution in [0.5, 0.6) is 5.75 Å². The van der Waals surface area contributed by atoms with Gasteiger partial charge in [0, 0.05) is 13.2 Å². The summed E-state index contributed by atoms with van der Waals surface area (Å²) in [7, 11) is 0. The number of aromatic hydroxyl groups is 1. The van der Waals surface area contributed by atoms with Gasteiger partial charge in [0.25, 0.3) is 5.91 Å². The van der Waals surface area contributed by atoms with Crippen LogP contribution in [0.1, 0.15) is 30.1 Å². The molecule has 0 heterocycles. The molecular weight excluding hydrogens is 218 g/mol. The molecule has 1 rings (SSSR count). The van der Waals surface area contributed by atoms with E-state index in [2.05, 4.69) is 12.2 Å². The average molecular weight is 237 g/mol. The molecule has 1 aromatic rings. The molecule has 0 saturated heterocycles. The van der Waals surface area contributed by atoms with Gasteiger partial charge in [-0.2, -0.15) is 0 Å². The minimum Gasteiger partial charge on any atom is -0.507 e. The van der Waals surface area contributed by atoms with Crippen LogP contribution in [0.2, 0.25) is 0 Å². The summed E-state index contributed by atoms with van der Waals surface area (Å²) in [5.41, 5.74) is 0.293. The Morgan fingerprint density at radius 3 is 2.82 bits per heavy atom. The van der Waals surface area contributed by atoms with Crippen molar-refractivity contribution in [3.05, 3.63) is 29.8 Å². The van der Waals surface area contributed by atoms with Gasteiger partial charge >= 0.3 is 0 Å². The molecule has 0 bridgehead atoms. The molecule has 1 aromatic carbocycles. The van der Waals surface area contributed by atoms with Crippen LogP contribution in [0.4, 0.5) is 0 Å². The van der Waals surface area contributed by atoms with Gasteiger partial charge in [-0.25, -0.2) is 0 Å². The van der Waals surface area contributed by atoms with Crippen molar-refractivity contribution in [3.63, 3.8) is 0 Å². The molecule has 0 spiro atoms. The van der Waals surface area contributed by atoms with Crippen LogP contribution in [0.25, 0.3) is 0 Å². The van der Waals surface area contributed by atoms with E-state index in [9.17, 15) is 9.90 Å². The van der Waals surface area contributed by atoms with Crippen LogP contribution in [-0.2, 0) is 4.74 Å². The van der Waals surface area contributed by atoms with Gasteiger partial charge in [0.05, 0.1) is 12.2 Å². The Morgan fingerprint density at radius 2 is 2.12 bits per heavy atom. The third-order valence-corrected chi connectivity index (χ3v) is 2.32. The second kappa shape index (κ2) is 7.68. The Kier molecular flexibility index (Phi) is 6.10. The standard InChI is InChI=1S/C13H19NO3/c1-2-3-9-17-10-8-14-13(16)11-6-4-5-7-12(11)15/h4-7,15H,2-3,8-10H2,1H3,(H,14,16). The van der Waals surface area contributed by atoms with Crippen molar-refractivity contribution in [1.29, 1.82) is 0 Å². The number of para-hydroxylation sites is 1. The van der Waals surface area contributed by atoms with Crippen molar-refractivity contribution < 1.29 is 14.6 Å². The maximum absolute atomic E-state index is 11.6. The predicted molar refractivity (Wildman–Crippen MR) is 66.2 cm³/mol. The minimum atomic E-state index is -0.276. The zero-order valence-corrected chi connectivity index (χ0v) is 10.1. The first kappa shape index (κ1) is 13.5.